The van der Waals surface area contributed by atoms with Crippen molar-refractivity contribution in [2.75, 3.05) is 25.9 Å². The topological polar surface area (TPSA) is 46.6 Å². The molecule has 4 nitrogen and oxygen atoms in total. The zero-order chi connectivity index (χ0) is 15.1. The standard InChI is InChI=1S/C16H24N2O2S/c1-3-17-10-6-9-16(17)11-14-7-4-5-8-15(14)12-18(13-16)21(2,19)20/h4-5,7-8H,3,6,9-13H2,1-2H3. The highest BCUT2D eigenvalue weighted by Crippen LogP contribution is 2.38. The van der Waals surface area contributed by atoms with Crippen molar-refractivity contribution in [3.63, 3.8) is 0 Å². The number of benzene rings is 1. The fourth-order valence-electron chi connectivity index (χ4n) is 3.97. The Morgan fingerprint density at radius 1 is 1.33 bits per heavy atom. The van der Waals surface area contributed by atoms with Gasteiger partial charge in [0.15, 0.2) is 0 Å². The zero-order valence-electron chi connectivity index (χ0n) is 12.9. The first-order valence-corrected chi connectivity index (χ1v) is 9.56. The van der Waals surface area contributed by atoms with Gasteiger partial charge in [0.1, 0.15) is 16.7 Å². The van der Waals surface area contributed by atoms with Crippen molar-refractivity contribution in [3.05, 3.63) is 35.4 Å². The van der Waals surface area contributed by atoms with E-state index in [4.69, 9.17) is 0 Å². The van der Waals surface area contributed by atoms with Crippen molar-refractivity contribution >= 4 is 10.4 Å². The summed E-state index contributed by atoms with van der Waals surface area (Å²) in [4.78, 5) is 2.48. The Hall–Kier alpha value is -0.750. The van der Waals surface area contributed by atoms with Crippen LogP contribution in [0.4, 0.5) is 0 Å². The van der Waals surface area contributed by atoms with E-state index in [1.807, 2.05) is 6.07 Å². The number of hydrogen-bond acceptors (Lipinski definition) is 3. The third-order valence-electron chi connectivity index (χ3n) is 5.05. The molecule has 0 N–H and O–H groups in total. The lowest BCUT2D eigenvalue weighted by Gasteiger charge is -2.40. The molecule has 0 aromatic heterocycles. The monoisotopic (exact) mass is 308 g/mol. The van der Waals surface area contributed by atoms with E-state index < -0.39 is 10.4 Å². The van der Waals surface area contributed by atoms with Gasteiger partial charge in [-0.25, -0.2) is 0 Å². The summed E-state index contributed by atoms with van der Waals surface area (Å²) in [7, 11) is -3.18. The molecule has 1 aromatic rings. The van der Waals surface area contributed by atoms with E-state index in [0.29, 0.717) is 13.1 Å². The number of hydrogen-bond donors (Lipinski definition) is 0. The lowest BCUT2D eigenvalue weighted by Crippen LogP contribution is -2.54. The van der Waals surface area contributed by atoms with Gasteiger partial charge in [-0.1, -0.05) is 35.4 Å². The number of sulfonamides is 1. The molecule has 0 aliphatic carbocycles. The van der Waals surface area contributed by atoms with Crippen LogP contribution in [0.3, 0.4) is 0 Å². The highest BCUT2D eigenvalue weighted by molar-refractivity contribution is 7.94. The Labute approximate surface area is 128 Å². The van der Waals surface area contributed by atoms with Crippen LogP contribution in [-0.2, 0) is 27.6 Å². The van der Waals surface area contributed by atoms with Crippen molar-refractivity contribution in [1.29, 1.82) is 0 Å². The predicted octanol–water partition coefficient (Wildman–Crippen LogP) is 2.07. The van der Waals surface area contributed by atoms with Crippen LogP contribution in [0.5, 0.6) is 0 Å². The molecule has 2 aliphatic heterocycles. The lowest BCUT2D eigenvalue weighted by atomic mass is 9.87. The van der Waals surface area contributed by atoms with Crippen LogP contribution in [0.1, 0.15) is 30.9 Å². The van der Waals surface area contributed by atoms with Crippen LogP contribution >= 0.6 is 0 Å². The van der Waals surface area contributed by atoms with Gasteiger partial charge in [-0.2, -0.15) is 0 Å². The van der Waals surface area contributed by atoms with Crippen LogP contribution < -0.4 is 0 Å². The molecule has 0 amide bonds. The van der Waals surface area contributed by atoms with Gasteiger partial charge in [0.2, 0.25) is 0 Å². The Balaban J connectivity index is 2.05. The fourth-order valence-corrected chi connectivity index (χ4v) is 4.82. The molecule has 2 atom stereocenters. The van der Waals surface area contributed by atoms with Crippen molar-refractivity contribution in [1.82, 2.24) is 9.21 Å². The Morgan fingerprint density at radius 2 is 2.05 bits per heavy atom. The molecule has 1 fully saturated rings. The van der Waals surface area contributed by atoms with Gasteiger partial charge < -0.3 is 4.55 Å². The van der Waals surface area contributed by atoms with Gasteiger partial charge >= 0.3 is 0 Å². The average Bonchev–Trinajstić information content (AvgIpc) is 2.72. The summed E-state index contributed by atoms with van der Waals surface area (Å²) in [6.45, 7) is 5.37. The molecule has 1 spiro atoms. The van der Waals surface area contributed by atoms with Gasteiger partial charge in [-0.05, 0) is 43.5 Å². The summed E-state index contributed by atoms with van der Waals surface area (Å²) in [6.07, 6.45) is 4.54. The molecule has 0 radical (unpaired) electrons. The summed E-state index contributed by atoms with van der Waals surface area (Å²) in [5.41, 5.74) is 2.44. The highest BCUT2D eigenvalue weighted by atomic mass is 32.3. The summed E-state index contributed by atoms with van der Waals surface area (Å²) < 4.78 is 26.1. The van der Waals surface area contributed by atoms with Gasteiger partial charge in [0, 0.05) is 5.54 Å². The summed E-state index contributed by atoms with van der Waals surface area (Å²) in [5, 5.41) is 0. The molecule has 2 heterocycles. The molecule has 0 bridgehead atoms. The van der Waals surface area contributed by atoms with Crippen LogP contribution in [-0.4, -0.2) is 45.2 Å². The van der Waals surface area contributed by atoms with Crippen molar-refractivity contribution < 1.29 is 8.76 Å². The first-order chi connectivity index (χ1) is 9.94. The van der Waals surface area contributed by atoms with E-state index in [9.17, 15) is 8.76 Å². The minimum absolute atomic E-state index is 0.0234. The normalized spacial score (nSPS) is 30.0. The van der Waals surface area contributed by atoms with Crippen molar-refractivity contribution in [2.24, 2.45) is 0 Å². The van der Waals surface area contributed by atoms with E-state index in [-0.39, 0.29) is 5.54 Å². The predicted molar refractivity (Wildman–Crippen MR) is 84.5 cm³/mol. The van der Waals surface area contributed by atoms with Crippen molar-refractivity contribution in [3.8, 4) is 0 Å². The van der Waals surface area contributed by atoms with Gasteiger partial charge in [0.05, 0.1) is 13.1 Å². The number of likely N-dealkylation sites (N-methyl/N-ethyl adjacent to an activating group) is 1. The molecule has 0 saturated carbocycles. The van der Waals surface area contributed by atoms with E-state index in [0.717, 1.165) is 37.9 Å². The number of likely N-dealkylation sites (tertiary alicyclic amines) is 1. The van der Waals surface area contributed by atoms with E-state index in [1.54, 1.807) is 4.31 Å². The first-order valence-electron chi connectivity index (χ1n) is 7.71. The molecule has 3 rings (SSSR count). The summed E-state index contributed by atoms with van der Waals surface area (Å²) >= 11 is 0. The van der Waals surface area contributed by atoms with Gasteiger partial charge in [-0.3, -0.25) is 4.90 Å². The lowest BCUT2D eigenvalue weighted by molar-refractivity contribution is 0.117. The molecule has 2 aliphatic rings. The van der Waals surface area contributed by atoms with Gasteiger partial charge in [-0.15, -0.1) is 4.31 Å². The maximum atomic E-state index is 12.2. The zero-order valence-corrected chi connectivity index (χ0v) is 13.7. The highest BCUT2D eigenvalue weighted by Gasteiger charge is 2.46. The third kappa shape index (κ3) is 2.80. The van der Waals surface area contributed by atoms with Crippen LogP contribution in [0.2, 0.25) is 0 Å². The Kier molecular flexibility index (Phi) is 3.94. The van der Waals surface area contributed by atoms with Crippen LogP contribution in [0, 0.1) is 0 Å². The maximum absolute atomic E-state index is 12.2. The van der Waals surface area contributed by atoms with E-state index in [2.05, 4.69) is 30.0 Å². The quantitative estimate of drug-likeness (QED) is 0.786. The van der Waals surface area contributed by atoms with Crippen LogP contribution in [0.25, 0.3) is 0 Å². The second kappa shape index (κ2) is 5.47. The Bertz CT molecular complexity index is 571. The molecule has 116 valence electrons. The Morgan fingerprint density at radius 3 is 2.71 bits per heavy atom. The average molecular weight is 308 g/mol. The molecule has 1 aromatic carbocycles. The second-order valence-corrected chi connectivity index (χ2v) is 8.37. The van der Waals surface area contributed by atoms with Gasteiger partial charge in [0.25, 0.3) is 0 Å². The largest absolute Gasteiger partial charge is 0.598 e. The first kappa shape index (κ1) is 15.2. The van der Waals surface area contributed by atoms with Crippen LogP contribution in [0.15, 0.2) is 24.3 Å². The minimum Gasteiger partial charge on any atom is -0.598 e. The molecule has 21 heavy (non-hydrogen) atoms. The summed E-state index contributed by atoms with van der Waals surface area (Å²) in [6, 6.07) is 8.30. The summed E-state index contributed by atoms with van der Waals surface area (Å²) in [5.74, 6) is 0. The number of fused-ring (bicyclic) bond motifs is 1. The number of rotatable bonds is 2. The van der Waals surface area contributed by atoms with E-state index >= 15 is 0 Å². The fraction of sp³-hybridized carbons (Fsp3) is 0.625. The second-order valence-electron chi connectivity index (χ2n) is 6.38. The molecule has 2 unspecified atom stereocenters. The minimum atomic E-state index is -3.18. The molecule has 5 heteroatoms. The number of nitrogens with zero attached hydrogens (tertiary/aromatic N) is 2. The third-order valence-corrected chi connectivity index (χ3v) is 6.24. The van der Waals surface area contributed by atoms with Crippen molar-refractivity contribution in [2.45, 2.75) is 38.3 Å². The molecular weight excluding hydrogens is 284 g/mol. The molecule has 1 saturated heterocycles. The molecular formula is C16H24N2O2S. The SMILES string of the molecule is CCN1CCCC12Cc1ccccc1CN([S+](C)(=O)[O-])C2. The smallest absolute Gasteiger partial charge is 0.122 e. The maximum Gasteiger partial charge on any atom is 0.122 e. The van der Waals surface area contributed by atoms with E-state index in [1.165, 1.54) is 11.8 Å².